The van der Waals surface area contributed by atoms with E-state index in [9.17, 15) is 32.8 Å². The van der Waals surface area contributed by atoms with Gasteiger partial charge in [-0.05, 0) is 45.1 Å². The summed E-state index contributed by atoms with van der Waals surface area (Å²) < 4.78 is 38.6. The summed E-state index contributed by atoms with van der Waals surface area (Å²) in [5, 5.41) is 16.8. The average Bonchev–Trinajstić information content (AvgIpc) is 3.11. The largest absolute Gasteiger partial charge is 0.405 e. The monoisotopic (exact) mass is 524 g/mol. The number of rotatable bonds is 10. The summed E-state index contributed by atoms with van der Waals surface area (Å²) in [6.45, 7) is 3.16. The summed E-state index contributed by atoms with van der Waals surface area (Å²) in [6.07, 6.45) is -2.34. The molecular weight excluding hydrogens is 497 g/mol. The fourth-order valence-electron chi connectivity index (χ4n) is 3.20. The van der Waals surface area contributed by atoms with Crippen molar-refractivity contribution in [1.82, 2.24) is 14.8 Å². The zero-order chi connectivity index (χ0) is 26.9. The highest BCUT2D eigenvalue weighted by Crippen LogP contribution is 2.15. The van der Waals surface area contributed by atoms with Crippen molar-refractivity contribution in [1.29, 1.82) is 5.26 Å². The van der Waals surface area contributed by atoms with Gasteiger partial charge in [-0.2, -0.15) is 18.4 Å². The molecule has 2 aromatic rings. The molecule has 0 atom stereocenters. The minimum absolute atomic E-state index is 0.0464. The Balaban J connectivity index is 2.31. The van der Waals surface area contributed by atoms with E-state index < -0.39 is 29.8 Å². The number of thiazole rings is 1. The van der Waals surface area contributed by atoms with Crippen LogP contribution in [-0.2, 0) is 16.1 Å². The lowest BCUT2D eigenvalue weighted by atomic mass is 10.2. The Kier molecular flexibility index (Phi) is 10.2. The molecule has 2 amide bonds. The zero-order valence-corrected chi connectivity index (χ0v) is 20.8. The van der Waals surface area contributed by atoms with E-state index in [1.807, 2.05) is 18.9 Å². The predicted molar refractivity (Wildman–Crippen MR) is 133 cm³/mol. The molecule has 0 unspecified atom stereocenters. The van der Waals surface area contributed by atoms with E-state index >= 15 is 0 Å². The molecule has 0 saturated heterocycles. The molecule has 0 saturated carbocycles. The fourth-order valence-corrected chi connectivity index (χ4v) is 4.29. The number of nitriles is 1. The predicted octanol–water partition coefficient (Wildman–Crippen LogP) is 1.41. The molecule has 2 rings (SSSR count). The van der Waals surface area contributed by atoms with E-state index in [1.54, 1.807) is 42.6 Å². The summed E-state index contributed by atoms with van der Waals surface area (Å²) in [6, 6.07) is 8.39. The lowest BCUT2D eigenvalue weighted by Gasteiger charge is -2.15. The Morgan fingerprint density at radius 3 is 2.56 bits per heavy atom. The highest BCUT2D eigenvalue weighted by atomic mass is 32.1. The highest BCUT2D eigenvalue weighted by molar-refractivity contribution is 7.07. The van der Waals surface area contributed by atoms with Crippen LogP contribution in [0.3, 0.4) is 0 Å². The van der Waals surface area contributed by atoms with Crippen molar-refractivity contribution in [3.63, 3.8) is 0 Å². The highest BCUT2D eigenvalue weighted by Gasteiger charge is 2.28. The first-order chi connectivity index (χ1) is 17.0. The molecule has 0 aliphatic carbocycles. The van der Waals surface area contributed by atoms with Gasteiger partial charge in [0.15, 0.2) is 5.57 Å². The number of likely N-dealkylation sites (N-methyl/N-ethyl adjacent to an activating group) is 1. The number of halogens is 3. The molecular formula is C23H27F3N6O3S. The minimum atomic E-state index is -4.64. The quantitative estimate of drug-likeness (QED) is 0.433. The molecule has 0 fully saturated rings. The number of carbonyl (C=O) groups is 2. The van der Waals surface area contributed by atoms with Crippen LogP contribution in [0.5, 0.6) is 0 Å². The number of hydrogen-bond donors (Lipinski definition) is 3. The van der Waals surface area contributed by atoms with Crippen LogP contribution in [-0.4, -0.2) is 54.1 Å². The molecule has 3 N–H and O–H groups in total. The van der Waals surface area contributed by atoms with Crippen LogP contribution in [0.2, 0.25) is 0 Å². The number of benzene rings is 1. The SMILES string of the molecule is CCCN(C)CC(=O)Nc1cccc(NC=c2sc(=C(C#N)C(=O)NCC(F)(F)F)n(CC)c2=O)c1. The minimum Gasteiger partial charge on any atom is -0.360 e. The van der Waals surface area contributed by atoms with E-state index in [4.69, 9.17) is 0 Å². The van der Waals surface area contributed by atoms with Gasteiger partial charge < -0.3 is 16.0 Å². The molecule has 194 valence electrons. The van der Waals surface area contributed by atoms with E-state index in [2.05, 4.69) is 10.6 Å². The van der Waals surface area contributed by atoms with Crippen molar-refractivity contribution in [2.24, 2.45) is 0 Å². The maximum atomic E-state index is 12.8. The Morgan fingerprint density at radius 1 is 1.25 bits per heavy atom. The smallest absolute Gasteiger partial charge is 0.360 e. The molecule has 0 aliphatic rings. The second-order valence-corrected chi connectivity index (χ2v) is 8.79. The van der Waals surface area contributed by atoms with Crippen molar-refractivity contribution in [2.75, 3.05) is 37.3 Å². The van der Waals surface area contributed by atoms with Gasteiger partial charge in [-0.3, -0.25) is 23.9 Å². The summed E-state index contributed by atoms with van der Waals surface area (Å²) in [7, 11) is 1.85. The second-order valence-electron chi connectivity index (χ2n) is 7.76. The van der Waals surface area contributed by atoms with Crippen LogP contribution in [0.4, 0.5) is 24.5 Å². The first-order valence-electron chi connectivity index (χ1n) is 11.0. The molecule has 1 heterocycles. The van der Waals surface area contributed by atoms with Gasteiger partial charge in [-0.15, -0.1) is 11.3 Å². The van der Waals surface area contributed by atoms with Gasteiger partial charge in [0.25, 0.3) is 11.5 Å². The van der Waals surface area contributed by atoms with E-state index in [0.29, 0.717) is 11.4 Å². The van der Waals surface area contributed by atoms with Crippen LogP contribution in [0, 0.1) is 11.3 Å². The van der Waals surface area contributed by atoms with Gasteiger partial charge in [0.1, 0.15) is 21.8 Å². The lowest BCUT2D eigenvalue weighted by Crippen LogP contribution is -2.37. The maximum absolute atomic E-state index is 12.8. The Hall–Kier alpha value is -3.63. The Morgan fingerprint density at radius 2 is 1.94 bits per heavy atom. The third-order valence-corrected chi connectivity index (χ3v) is 5.89. The number of anilines is 2. The van der Waals surface area contributed by atoms with Gasteiger partial charge in [-0.25, -0.2) is 0 Å². The molecule has 36 heavy (non-hydrogen) atoms. The topological polar surface area (TPSA) is 119 Å². The molecule has 1 aromatic carbocycles. The molecule has 1 aromatic heterocycles. The molecule has 0 aliphatic heterocycles. The summed E-state index contributed by atoms with van der Waals surface area (Å²) >= 11 is 0.806. The van der Waals surface area contributed by atoms with Crippen LogP contribution >= 0.6 is 11.3 Å². The number of aromatic nitrogens is 1. The first-order valence-corrected chi connectivity index (χ1v) is 11.8. The number of hydrogen-bond acceptors (Lipinski definition) is 7. The first kappa shape index (κ1) is 28.6. The molecule has 0 bridgehead atoms. The Bertz CT molecular complexity index is 1310. The average molecular weight is 525 g/mol. The van der Waals surface area contributed by atoms with Gasteiger partial charge in [-0.1, -0.05) is 13.0 Å². The number of nitrogens with one attached hydrogen (secondary N) is 3. The van der Waals surface area contributed by atoms with Gasteiger partial charge in [0, 0.05) is 24.1 Å². The lowest BCUT2D eigenvalue weighted by molar-refractivity contribution is -0.135. The van der Waals surface area contributed by atoms with Gasteiger partial charge in [0.2, 0.25) is 5.91 Å². The van der Waals surface area contributed by atoms with Gasteiger partial charge >= 0.3 is 6.18 Å². The molecule has 0 radical (unpaired) electrons. The summed E-state index contributed by atoms with van der Waals surface area (Å²) in [5.41, 5.74) is 0.00693. The van der Waals surface area contributed by atoms with E-state index in [1.165, 1.54) is 6.20 Å². The third kappa shape index (κ3) is 8.24. The number of nitrogens with zero attached hydrogens (tertiary/aromatic N) is 3. The van der Waals surface area contributed by atoms with Crippen LogP contribution in [0.25, 0.3) is 11.8 Å². The standard InChI is InChI=1S/C23H27F3N6O3S/c1-4-9-31(3)13-19(33)30-16-8-6-7-15(10-16)28-12-18-21(35)32(5-2)22(36-18)17(11-27)20(34)29-14-23(24,25)26/h6-8,10,12,28H,4-5,9,13-14H2,1-3H3,(H,29,34)(H,30,33). The van der Waals surface area contributed by atoms with Crippen LogP contribution in [0.15, 0.2) is 29.1 Å². The summed E-state index contributed by atoms with van der Waals surface area (Å²) in [4.78, 5) is 39.1. The zero-order valence-electron chi connectivity index (χ0n) is 20.0. The number of alkyl halides is 3. The van der Waals surface area contributed by atoms with Crippen LogP contribution in [0.1, 0.15) is 20.3 Å². The van der Waals surface area contributed by atoms with Crippen molar-refractivity contribution < 1.29 is 22.8 Å². The van der Waals surface area contributed by atoms with Crippen molar-refractivity contribution in [2.45, 2.75) is 33.0 Å². The fraction of sp³-hybridized carbons (Fsp3) is 0.391. The van der Waals surface area contributed by atoms with Crippen molar-refractivity contribution >= 4 is 46.3 Å². The normalized spacial score (nSPS) is 12.8. The van der Waals surface area contributed by atoms with Crippen molar-refractivity contribution in [3.8, 4) is 6.07 Å². The van der Waals surface area contributed by atoms with Crippen molar-refractivity contribution in [3.05, 3.63) is 43.8 Å². The van der Waals surface area contributed by atoms with E-state index in [0.717, 1.165) is 28.9 Å². The number of carbonyl (C=O) groups excluding carboxylic acids is 2. The van der Waals surface area contributed by atoms with Gasteiger partial charge in [0.05, 0.1) is 6.54 Å². The molecule has 13 heteroatoms. The van der Waals surface area contributed by atoms with E-state index in [-0.39, 0.29) is 28.2 Å². The number of amides is 2. The third-order valence-electron chi connectivity index (χ3n) is 4.76. The molecule has 9 nitrogen and oxygen atoms in total. The maximum Gasteiger partial charge on any atom is 0.405 e. The molecule has 0 spiro atoms. The second kappa shape index (κ2) is 12.9. The Labute approximate surface area is 209 Å². The van der Waals surface area contributed by atoms with Crippen LogP contribution < -0.4 is 30.7 Å². The summed E-state index contributed by atoms with van der Waals surface area (Å²) in [5.74, 6) is -1.39.